The first-order chi connectivity index (χ1) is 13.4. The van der Waals surface area contributed by atoms with Gasteiger partial charge in [0.25, 0.3) is 0 Å². The minimum Gasteiger partial charge on any atom is -0.462 e. The summed E-state index contributed by atoms with van der Waals surface area (Å²) in [4.78, 5) is 24.4. The standard InChI is InChI=1S/C20H35N5O2S.HI/c1-6-21-20(22-10-12-25-11-8-9-14(3)13-25)24-16(5)18-23-15(4)17(28-18)19(26)27-7-2;/h14,16H,6-13H2,1-5H3,(H2,21,22,24);1H. The molecule has 1 aliphatic rings. The summed E-state index contributed by atoms with van der Waals surface area (Å²) < 4.78 is 5.11. The smallest absolute Gasteiger partial charge is 0.350 e. The molecule has 0 aromatic carbocycles. The molecule has 2 unspecified atom stereocenters. The number of nitrogens with zero attached hydrogens (tertiary/aromatic N) is 3. The molecule has 7 nitrogen and oxygen atoms in total. The molecule has 29 heavy (non-hydrogen) atoms. The van der Waals surface area contributed by atoms with Crippen LogP contribution >= 0.6 is 35.3 Å². The van der Waals surface area contributed by atoms with Crippen molar-refractivity contribution >= 4 is 47.2 Å². The maximum absolute atomic E-state index is 12.0. The Morgan fingerprint density at radius 1 is 1.45 bits per heavy atom. The van der Waals surface area contributed by atoms with Gasteiger partial charge < -0.3 is 20.3 Å². The Labute approximate surface area is 196 Å². The number of carbonyl (C=O) groups is 1. The number of carbonyl (C=O) groups excluding carboxylic acids is 1. The van der Waals surface area contributed by atoms with E-state index in [1.165, 1.54) is 37.3 Å². The topological polar surface area (TPSA) is 78.9 Å². The van der Waals surface area contributed by atoms with E-state index in [9.17, 15) is 4.79 Å². The Morgan fingerprint density at radius 3 is 2.86 bits per heavy atom. The van der Waals surface area contributed by atoms with Crippen molar-refractivity contribution in [1.29, 1.82) is 0 Å². The monoisotopic (exact) mass is 537 g/mol. The van der Waals surface area contributed by atoms with Gasteiger partial charge in [0.05, 0.1) is 24.9 Å². The predicted molar refractivity (Wildman–Crippen MR) is 131 cm³/mol. The van der Waals surface area contributed by atoms with Crippen molar-refractivity contribution in [3.8, 4) is 0 Å². The summed E-state index contributed by atoms with van der Waals surface area (Å²) >= 11 is 1.38. The van der Waals surface area contributed by atoms with Crippen LogP contribution in [-0.2, 0) is 4.74 Å². The first kappa shape index (κ1) is 26.1. The van der Waals surface area contributed by atoms with E-state index in [-0.39, 0.29) is 36.0 Å². The fraction of sp³-hybridized carbons (Fsp3) is 0.750. The lowest BCUT2D eigenvalue weighted by atomic mass is 10.0. The average molecular weight is 538 g/mol. The van der Waals surface area contributed by atoms with Crippen LogP contribution in [0.4, 0.5) is 0 Å². The van der Waals surface area contributed by atoms with E-state index in [0.717, 1.165) is 36.5 Å². The lowest BCUT2D eigenvalue weighted by Crippen LogP contribution is -2.40. The van der Waals surface area contributed by atoms with Crippen molar-refractivity contribution in [3.05, 3.63) is 15.6 Å². The quantitative estimate of drug-likeness (QED) is 0.229. The second-order valence-electron chi connectivity index (χ2n) is 7.36. The van der Waals surface area contributed by atoms with Crippen LogP contribution in [0.15, 0.2) is 4.99 Å². The van der Waals surface area contributed by atoms with E-state index >= 15 is 0 Å². The number of hydrogen-bond donors (Lipinski definition) is 2. The van der Waals surface area contributed by atoms with Crippen molar-refractivity contribution in [2.45, 2.75) is 53.5 Å². The summed E-state index contributed by atoms with van der Waals surface area (Å²) in [6.45, 7) is 15.3. The largest absolute Gasteiger partial charge is 0.462 e. The number of guanidine groups is 1. The highest BCUT2D eigenvalue weighted by atomic mass is 127. The molecule has 1 fully saturated rings. The highest BCUT2D eigenvalue weighted by molar-refractivity contribution is 14.0. The summed E-state index contributed by atoms with van der Waals surface area (Å²) in [6.07, 6.45) is 2.62. The number of aromatic nitrogens is 1. The molecule has 1 saturated heterocycles. The fourth-order valence-corrected chi connectivity index (χ4v) is 4.33. The van der Waals surface area contributed by atoms with Crippen molar-refractivity contribution in [2.24, 2.45) is 10.9 Å². The normalized spacial score (nSPS) is 18.7. The lowest BCUT2D eigenvalue weighted by molar-refractivity contribution is 0.0531. The zero-order chi connectivity index (χ0) is 20.5. The Kier molecular flexibility index (Phi) is 12.0. The zero-order valence-electron chi connectivity index (χ0n) is 18.3. The van der Waals surface area contributed by atoms with Crippen LogP contribution in [0.5, 0.6) is 0 Å². The molecule has 166 valence electrons. The van der Waals surface area contributed by atoms with Crippen LogP contribution in [0.25, 0.3) is 0 Å². The predicted octanol–water partition coefficient (Wildman–Crippen LogP) is 3.59. The molecular formula is C20H36IN5O2S. The molecule has 2 N–H and O–H groups in total. The number of hydrogen-bond acceptors (Lipinski definition) is 6. The molecule has 2 heterocycles. The third-order valence-electron chi connectivity index (χ3n) is 4.77. The number of halogens is 1. The van der Waals surface area contributed by atoms with E-state index in [0.29, 0.717) is 17.2 Å². The summed E-state index contributed by atoms with van der Waals surface area (Å²) in [5, 5.41) is 7.57. The number of likely N-dealkylation sites (tertiary alicyclic amines) is 1. The summed E-state index contributed by atoms with van der Waals surface area (Å²) in [6, 6.07) is -0.0420. The van der Waals surface area contributed by atoms with Gasteiger partial charge in [-0.05, 0) is 53.0 Å². The number of ether oxygens (including phenoxy) is 1. The van der Waals surface area contributed by atoms with Crippen LogP contribution < -0.4 is 10.6 Å². The van der Waals surface area contributed by atoms with Crippen molar-refractivity contribution in [2.75, 3.05) is 39.3 Å². The molecule has 0 amide bonds. The van der Waals surface area contributed by atoms with E-state index in [2.05, 4.69) is 34.4 Å². The fourth-order valence-electron chi connectivity index (χ4n) is 3.37. The molecule has 0 radical (unpaired) electrons. The Hall–Kier alpha value is -0.940. The van der Waals surface area contributed by atoms with Crippen LogP contribution in [-0.4, -0.2) is 61.1 Å². The van der Waals surface area contributed by atoms with Gasteiger partial charge in [-0.2, -0.15) is 0 Å². The second-order valence-corrected chi connectivity index (χ2v) is 8.39. The maximum Gasteiger partial charge on any atom is 0.350 e. The number of aliphatic imine (C=N–C) groups is 1. The van der Waals surface area contributed by atoms with Crippen LogP contribution in [0.2, 0.25) is 0 Å². The Bertz CT molecular complexity index is 667. The van der Waals surface area contributed by atoms with Gasteiger partial charge in [-0.3, -0.25) is 4.99 Å². The van der Waals surface area contributed by atoms with E-state index in [1.807, 2.05) is 20.8 Å². The van der Waals surface area contributed by atoms with Gasteiger partial charge in [0.15, 0.2) is 5.96 Å². The Balaban J connectivity index is 0.00000420. The Morgan fingerprint density at radius 2 is 2.21 bits per heavy atom. The van der Waals surface area contributed by atoms with Gasteiger partial charge in [0, 0.05) is 19.6 Å². The van der Waals surface area contributed by atoms with Crippen molar-refractivity contribution in [3.63, 3.8) is 0 Å². The van der Waals surface area contributed by atoms with Gasteiger partial charge >= 0.3 is 5.97 Å². The third kappa shape index (κ3) is 8.37. The number of piperidine rings is 1. The van der Waals surface area contributed by atoms with Crippen LogP contribution in [0.3, 0.4) is 0 Å². The number of aryl methyl sites for hydroxylation is 1. The van der Waals surface area contributed by atoms with Gasteiger partial charge in [0.2, 0.25) is 0 Å². The minimum absolute atomic E-state index is 0. The molecule has 0 spiro atoms. The van der Waals surface area contributed by atoms with Gasteiger partial charge in [-0.1, -0.05) is 6.92 Å². The van der Waals surface area contributed by atoms with Crippen molar-refractivity contribution < 1.29 is 9.53 Å². The molecule has 0 saturated carbocycles. The molecule has 1 aliphatic heterocycles. The van der Waals surface area contributed by atoms with Crippen LogP contribution in [0, 0.1) is 12.8 Å². The van der Waals surface area contributed by atoms with Gasteiger partial charge in [0.1, 0.15) is 9.88 Å². The second kappa shape index (κ2) is 13.4. The summed E-state index contributed by atoms with van der Waals surface area (Å²) in [7, 11) is 0. The number of esters is 1. The molecule has 1 aromatic rings. The lowest BCUT2D eigenvalue weighted by Gasteiger charge is -2.30. The zero-order valence-corrected chi connectivity index (χ0v) is 21.4. The van der Waals surface area contributed by atoms with Crippen molar-refractivity contribution in [1.82, 2.24) is 20.5 Å². The molecule has 1 aromatic heterocycles. The summed E-state index contributed by atoms with van der Waals surface area (Å²) in [5.74, 6) is 1.27. The molecular weight excluding hydrogens is 501 g/mol. The number of nitrogens with one attached hydrogen (secondary N) is 2. The molecule has 2 rings (SSSR count). The van der Waals surface area contributed by atoms with E-state index in [4.69, 9.17) is 9.73 Å². The molecule has 0 aliphatic carbocycles. The van der Waals surface area contributed by atoms with Gasteiger partial charge in [-0.15, -0.1) is 35.3 Å². The van der Waals surface area contributed by atoms with Gasteiger partial charge in [-0.25, -0.2) is 9.78 Å². The van der Waals surface area contributed by atoms with E-state index < -0.39 is 0 Å². The first-order valence-electron chi connectivity index (χ1n) is 10.4. The van der Waals surface area contributed by atoms with Crippen LogP contribution in [0.1, 0.15) is 67.0 Å². The first-order valence-corrected chi connectivity index (χ1v) is 11.2. The maximum atomic E-state index is 12.0. The third-order valence-corrected chi connectivity index (χ3v) is 6.09. The van der Waals surface area contributed by atoms with E-state index in [1.54, 1.807) is 0 Å². The molecule has 2 atom stereocenters. The molecule has 9 heteroatoms. The summed E-state index contributed by atoms with van der Waals surface area (Å²) in [5.41, 5.74) is 0.716. The number of rotatable bonds is 8. The number of thiazole rings is 1. The highest BCUT2D eigenvalue weighted by Gasteiger charge is 2.20. The average Bonchev–Trinajstić information content (AvgIpc) is 3.04. The highest BCUT2D eigenvalue weighted by Crippen LogP contribution is 2.24. The minimum atomic E-state index is -0.299. The SMILES string of the molecule is CCNC(=NCCN1CCCC(C)C1)NC(C)c1nc(C)c(C(=O)OCC)s1.I. The molecule has 0 bridgehead atoms.